The van der Waals surface area contributed by atoms with Gasteiger partial charge < -0.3 is 10.6 Å². The topological polar surface area (TPSA) is 74.3 Å². The lowest BCUT2D eigenvalue weighted by atomic mass is 9.76. The molecule has 1 saturated heterocycles. The number of nitrogens with one attached hydrogen (secondary N) is 2. The monoisotopic (exact) mass is 466 g/mol. The molecule has 2 N–H and O–H groups in total. The fourth-order valence-corrected chi connectivity index (χ4v) is 5.02. The van der Waals surface area contributed by atoms with Crippen molar-refractivity contribution in [1.29, 1.82) is 0 Å². The van der Waals surface area contributed by atoms with Gasteiger partial charge in [-0.25, -0.2) is 0 Å². The van der Waals surface area contributed by atoms with E-state index in [9.17, 15) is 9.59 Å². The van der Waals surface area contributed by atoms with Gasteiger partial charge in [-0.05, 0) is 60.6 Å². The highest BCUT2D eigenvalue weighted by Gasteiger charge is 2.33. The second kappa shape index (κ2) is 10.8. The van der Waals surface area contributed by atoms with Gasteiger partial charge in [-0.15, -0.1) is 0 Å². The molecule has 178 valence electrons. The summed E-state index contributed by atoms with van der Waals surface area (Å²) < 4.78 is 0. The Morgan fingerprint density at radius 1 is 0.971 bits per heavy atom. The first kappa shape index (κ1) is 23.2. The van der Waals surface area contributed by atoms with Crippen LogP contribution in [0.3, 0.4) is 0 Å². The van der Waals surface area contributed by atoms with Crippen LogP contribution in [0.4, 0.5) is 0 Å². The predicted molar refractivity (Wildman–Crippen MR) is 135 cm³/mol. The molecule has 3 aromatic rings. The molecule has 0 spiro atoms. The van der Waals surface area contributed by atoms with Crippen molar-refractivity contribution in [1.82, 2.24) is 20.5 Å². The number of benzene rings is 2. The van der Waals surface area contributed by atoms with Crippen LogP contribution in [-0.4, -0.2) is 47.4 Å². The Hall–Kier alpha value is -3.51. The maximum Gasteiger partial charge on any atom is 0.251 e. The summed E-state index contributed by atoms with van der Waals surface area (Å²) in [5, 5.41) is 6.33. The summed E-state index contributed by atoms with van der Waals surface area (Å²) in [5.74, 6) is 1.11. The third-order valence-corrected chi connectivity index (χ3v) is 6.76. The fourth-order valence-electron chi connectivity index (χ4n) is 5.02. The van der Waals surface area contributed by atoms with Crippen molar-refractivity contribution in [2.75, 3.05) is 19.6 Å². The van der Waals surface area contributed by atoms with E-state index in [2.05, 4.69) is 50.8 Å². The minimum atomic E-state index is -0.0621. The van der Waals surface area contributed by atoms with Crippen LogP contribution in [0.5, 0.6) is 0 Å². The highest BCUT2D eigenvalue weighted by Crippen LogP contribution is 2.37. The van der Waals surface area contributed by atoms with Gasteiger partial charge in [0.05, 0.1) is 12.6 Å². The highest BCUT2D eigenvalue weighted by molar-refractivity contribution is 5.94. The Bertz CT molecular complexity index is 1150. The zero-order valence-electron chi connectivity index (χ0n) is 19.7. The Labute approximate surface area is 206 Å². The lowest BCUT2D eigenvalue weighted by Crippen LogP contribution is -2.43. The van der Waals surface area contributed by atoms with Crippen LogP contribution in [-0.2, 0) is 17.6 Å². The number of pyridine rings is 1. The zero-order valence-corrected chi connectivity index (χ0v) is 19.7. The van der Waals surface area contributed by atoms with Gasteiger partial charge in [0, 0.05) is 43.0 Å². The zero-order chi connectivity index (χ0) is 24.0. The molecule has 2 heterocycles. The van der Waals surface area contributed by atoms with Gasteiger partial charge in [-0.3, -0.25) is 19.5 Å². The quantitative estimate of drug-likeness (QED) is 0.560. The van der Waals surface area contributed by atoms with Crippen LogP contribution >= 0.6 is 0 Å². The van der Waals surface area contributed by atoms with E-state index in [1.54, 1.807) is 6.20 Å². The number of carbonyl (C=O) groups excluding carboxylic acids is 2. The average molecular weight is 467 g/mol. The summed E-state index contributed by atoms with van der Waals surface area (Å²) in [7, 11) is 0. The summed E-state index contributed by atoms with van der Waals surface area (Å²) in [5.41, 5.74) is 4.32. The largest absolute Gasteiger partial charge is 0.348 e. The molecule has 5 rings (SSSR count). The maximum absolute atomic E-state index is 13.0. The van der Waals surface area contributed by atoms with Crippen LogP contribution < -0.4 is 10.6 Å². The van der Waals surface area contributed by atoms with E-state index in [1.165, 1.54) is 17.0 Å². The van der Waals surface area contributed by atoms with Crippen molar-refractivity contribution in [2.24, 2.45) is 0 Å². The Balaban J connectivity index is 1.18. The fraction of sp³-hybridized carbons (Fsp3) is 0.276. The summed E-state index contributed by atoms with van der Waals surface area (Å²) >= 11 is 0. The standard InChI is InChI=1S/C29H30N4O2/c34-28(20-33-16-14-24(19-33)31-29(35)23-9-2-1-3-10-23)32-27-13-12-22-8-4-5-11-25(22)26(27)17-21-7-6-15-30-18-21/h1-11,15,18,24H,12-14,16-17,19-20H2,(H,31,35)(H,32,34). The number of nitrogens with zero attached hydrogens (tertiary/aromatic N) is 2. The molecule has 1 fully saturated rings. The smallest absolute Gasteiger partial charge is 0.251 e. The van der Waals surface area contributed by atoms with E-state index in [1.807, 2.05) is 42.6 Å². The average Bonchev–Trinajstić information content (AvgIpc) is 3.33. The first-order valence-electron chi connectivity index (χ1n) is 12.2. The van der Waals surface area contributed by atoms with E-state index in [0.717, 1.165) is 43.8 Å². The summed E-state index contributed by atoms with van der Waals surface area (Å²) in [6, 6.07) is 22.8. The maximum atomic E-state index is 13.0. The Kier molecular flexibility index (Phi) is 7.19. The van der Waals surface area contributed by atoms with Crippen LogP contribution in [0.1, 0.15) is 39.9 Å². The van der Waals surface area contributed by atoms with Crippen LogP contribution in [0, 0.1) is 12.0 Å². The van der Waals surface area contributed by atoms with Gasteiger partial charge in [0.25, 0.3) is 5.91 Å². The second-order valence-corrected chi connectivity index (χ2v) is 9.26. The number of carbonyl (C=O) groups is 2. The van der Waals surface area contributed by atoms with Gasteiger partial charge >= 0.3 is 0 Å². The molecule has 35 heavy (non-hydrogen) atoms. The van der Waals surface area contributed by atoms with Gasteiger partial charge in [0.1, 0.15) is 0 Å². The lowest BCUT2D eigenvalue weighted by Gasteiger charge is -2.33. The lowest BCUT2D eigenvalue weighted by molar-refractivity contribution is -0.121. The Morgan fingerprint density at radius 2 is 1.80 bits per heavy atom. The number of aryl methyl sites for hydroxylation is 1. The molecule has 1 atom stereocenters. The van der Waals surface area contributed by atoms with Gasteiger partial charge in [0.15, 0.2) is 0 Å². The van der Waals surface area contributed by atoms with Gasteiger partial charge in [-0.1, -0.05) is 48.5 Å². The van der Waals surface area contributed by atoms with Crippen molar-refractivity contribution < 1.29 is 9.59 Å². The van der Waals surface area contributed by atoms with Gasteiger partial charge in [-0.2, -0.15) is 0 Å². The molecule has 1 aliphatic carbocycles. The van der Waals surface area contributed by atoms with E-state index in [4.69, 9.17) is 0 Å². The number of hydrogen-bond acceptors (Lipinski definition) is 4. The molecular weight excluding hydrogens is 436 g/mol. The molecule has 2 amide bonds. The van der Waals surface area contributed by atoms with Crippen molar-refractivity contribution in [2.45, 2.75) is 31.7 Å². The molecule has 0 saturated carbocycles. The molecule has 2 radical (unpaired) electrons. The number of amides is 2. The van der Waals surface area contributed by atoms with Crippen molar-refractivity contribution >= 4 is 11.8 Å². The minimum absolute atomic E-state index is 0.00176. The molecule has 6 nitrogen and oxygen atoms in total. The molecular formula is C29H30N4O2. The van der Waals surface area contributed by atoms with Crippen molar-refractivity contribution in [3.63, 3.8) is 0 Å². The molecule has 6 heteroatoms. The summed E-state index contributed by atoms with van der Waals surface area (Å²) in [4.78, 5) is 31.9. The number of rotatable bonds is 7. The number of fused-ring (bicyclic) bond motifs is 1. The molecule has 2 aromatic carbocycles. The minimum Gasteiger partial charge on any atom is -0.348 e. The molecule has 1 aliphatic heterocycles. The summed E-state index contributed by atoms with van der Waals surface area (Å²) in [6.45, 7) is 1.79. The third-order valence-electron chi connectivity index (χ3n) is 6.76. The van der Waals surface area contributed by atoms with Crippen LogP contribution in [0.15, 0.2) is 79.1 Å². The normalized spacial score (nSPS) is 18.7. The molecule has 1 unspecified atom stereocenters. The van der Waals surface area contributed by atoms with Crippen LogP contribution in [0.25, 0.3) is 0 Å². The molecule has 2 aliphatic rings. The van der Waals surface area contributed by atoms with E-state index in [-0.39, 0.29) is 17.9 Å². The van der Waals surface area contributed by atoms with Crippen molar-refractivity contribution in [3.05, 3.63) is 113 Å². The SMILES string of the molecule is O=C(CN1CCC(NC(=O)c2ccccc2)C1)N[C]1CCc2ccccc2[C]1Cc1cccnc1. The van der Waals surface area contributed by atoms with E-state index in [0.29, 0.717) is 18.7 Å². The first-order chi connectivity index (χ1) is 17.2. The molecule has 0 bridgehead atoms. The number of hydrogen-bond donors (Lipinski definition) is 2. The number of aromatic nitrogens is 1. The number of likely N-dealkylation sites (tertiary alicyclic amines) is 1. The predicted octanol–water partition coefficient (Wildman–Crippen LogP) is 3.35. The molecule has 1 aromatic heterocycles. The Morgan fingerprint density at radius 3 is 2.63 bits per heavy atom. The van der Waals surface area contributed by atoms with E-state index < -0.39 is 0 Å². The second-order valence-electron chi connectivity index (χ2n) is 9.26. The summed E-state index contributed by atoms with van der Waals surface area (Å²) in [6.07, 6.45) is 6.97. The first-order valence-corrected chi connectivity index (χ1v) is 12.2. The third kappa shape index (κ3) is 5.77. The van der Waals surface area contributed by atoms with Gasteiger partial charge in [0.2, 0.25) is 5.91 Å². The highest BCUT2D eigenvalue weighted by atomic mass is 16.2. The van der Waals surface area contributed by atoms with Crippen molar-refractivity contribution in [3.8, 4) is 0 Å². The van der Waals surface area contributed by atoms with Crippen LogP contribution in [0.2, 0.25) is 0 Å². The van der Waals surface area contributed by atoms with E-state index >= 15 is 0 Å².